The van der Waals surface area contributed by atoms with Crippen molar-refractivity contribution in [3.05, 3.63) is 24.0 Å². The van der Waals surface area contributed by atoms with Crippen molar-refractivity contribution in [1.29, 1.82) is 0 Å². The molecule has 6 heteroatoms. The van der Waals surface area contributed by atoms with Crippen LogP contribution in [0, 0.1) is 0 Å². The Morgan fingerprint density at radius 1 is 1.37 bits per heavy atom. The minimum absolute atomic E-state index is 0.0617. The van der Waals surface area contributed by atoms with Crippen LogP contribution in [0.2, 0.25) is 0 Å². The summed E-state index contributed by atoms with van der Waals surface area (Å²) in [7, 11) is 3.50. The van der Waals surface area contributed by atoms with Crippen molar-refractivity contribution < 1.29 is 13.2 Å². The van der Waals surface area contributed by atoms with Crippen LogP contribution in [0.1, 0.15) is 31.5 Å². The molecule has 3 nitrogen and oxygen atoms in total. The van der Waals surface area contributed by atoms with Gasteiger partial charge in [0.05, 0.1) is 24.0 Å². The van der Waals surface area contributed by atoms with Gasteiger partial charge >= 0.3 is 6.18 Å². The summed E-state index contributed by atoms with van der Waals surface area (Å²) >= 11 is 0. The van der Waals surface area contributed by atoms with Crippen LogP contribution >= 0.6 is 0 Å². The molecule has 1 atom stereocenters. The minimum Gasteiger partial charge on any atom is -0.373 e. The zero-order valence-electron chi connectivity index (χ0n) is 11.5. The highest BCUT2D eigenvalue weighted by Gasteiger charge is 2.27. The van der Waals surface area contributed by atoms with Gasteiger partial charge in [-0.2, -0.15) is 13.2 Å². The molecule has 0 aliphatic carbocycles. The van der Waals surface area contributed by atoms with Crippen molar-refractivity contribution in [2.75, 3.05) is 25.5 Å². The second-order valence-electron chi connectivity index (χ2n) is 4.48. The van der Waals surface area contributed by atoms with Gasteiger partial charge in [-0.05, 0) is 25.6 Å². The fraction of sp³-hybridized carbons (Fsp3) is 0.615. The molecule has 0 aromatic carbocycles. The second-order valence-corrected chi connectivity index (χ2v) is 4.48. The molecule has 0 aliphatic rings. The van der Waals surface area contributed by atoms with Gasteiger partial charge in [0.2, 0.25) is 0 Å². The quantitative estimate of drug-likeness (QED) is 0.864. The van der Waals surface area contributed by atoms with E-state index in [1.165, 1.54) is 0 Å². The van der Waals surface area contributed by atoms with Gasteiger partial charge < -0.3 is 10.2 Å². The van der Waals surface area contributed by atoms with E-state index < -0.39 is 12.6 Å². The van der Waals surface area contributed by atoms with Crippen LogP contribution in [0.3, 0.4) is 0 Å². The molecule has 0 aliphatic heterocycles. The highest BCUT2D eigenvalue weighted by molar-refractivity contribution is 5.43. The first-order valence-corrected chi connectivity index (χ1v) is 6.28. The van der Waals surface area contributed by atoms with E-state index in [1.807, 2.05) is 20.0 Å². The molecule has 1 aromatic rings. The van der Waals surface area contributed by atoms with Crippen molar-refractivity contribution in [3.63, 3.8) is 0 Å². The topological polar surface area (TPSA) is 28.2 Å². The lowest BCUT2D eigenvalue weighted by Crippen LogP contribution is -2.24. The third-order valence-corrected chi connectivity index (χ3v) is 3.06. The van der Waals surface area contributed by atoms with Gasteiger partial charge in [-0.3, -0.25) is 4.98 Å². The lowest BCUT2D eigenvalue weighted by molar-refractivity contribution is -0.132. The van der Waals surface area contributed by atoms with E-state index >= 15 is 0 Å². The third-order valence-electron chi connectivity index (χ3n) is 3.06. The highest BCUT2D eigenvalue weighted by Crippen LogP contribution is 2.22. The maximum atomic E-state index is 12.1. The molecule has 0 bridgehead atoms. The molecule has 0 saturated carbocycles. The fourth-order valence-electron chi connectivity index (χ4n) is 1.81. The first kappa shape index (κ1) is 15.8. The summed E-state index contributed by atoms with van der Waals surface area (Å²) in [5, 5.41) is 3.14. The summed E-state index contributed by atoms with van der Waals surface area (Å²) in [6.45, 7) is 1.99. The molecular weight excluding hydrogens is 255 g/mol. The highest BCUT2D eigenvalue weighted by atomic mass is 19.4. The van der Waals surface area contributed by atoms with E-state index in [4.69, 9.17) is 0 Å². The molecular formula is C13H20F3N3. The zero-order chi connectivity index (χ0) is 14.5. The molecule has 0 radical (unpaired) electrons. The number of nitrogens with one attached hydrogen (secondary N) is 1. The summed E-state index contributed by atoms with van der Waals surface area (Å²) in [5.41, 5.74) is 1.59. The standard InChI is InChI=1S/C13H20F3N3/c1-4-11(17-2)12-6-5-10(9-18-12)19(3)8-7-13(14,15)16/h5-6,9,11,17H,4,7-8H2,1-3H3. The Balaban J connectivity index is 2.65. The van der Waals surface area contributed by atoms with Crippen LogP contribution in [0.5, 0.6) is 0 Å². The molecule has 108 valence electrons. The van der Waals surface area contributed by atoms with Gasteiger partial charge in [-0.15, -0.1) is 0 Å². The molecule has 1 N–H and O–H groups in total. The predicted molar refractivity (Wildman–Crippen MR) is 70.3 cm³/mol. The average molecular weight is 275 g/mol. The van der Waals surface area contributed by atoms with Gasteiger partial charge in [-0.25, -0.2) is 0 Å². The number of rotatable bonds is 6. The molecule has 1 unspecified atom stereocenters. The molecule has 1 aromatic heterocycles. The zero-order valence-corrected chi connectivity index (χ0v) is 11.5. The number of alkyl halides is 3. The van der Waals surface area contributed by atoms with E-state index in [2.05, 4.69) is 10.3 Å². The summed E-state index contributed by atoms with van der Waals surface area (Å²) in [6, 6.07) is 3.83. The Labute approximate surface area is 111 Å². The molecule has 0 amide bonds. The van der Waals surface area contributed by atoms with Crippen LogP contribution in [0.15, 0.2) is 18.3 Å². The number of nitrogens with zero attached hydrogens (tertiary/aromatic N) is 2. The number of pyridine rings is 1. The Morgan fingerprint density at radius 3 is 2.47 bits per heavy atom. The van der Waals surface area contributed by atoms with E-state index in [-0.39, 0.29) is 12.6 Å². The smallest absolute Gasteiger partial charge is 0.373 e. The van der Waals surface area contributed by atoms with E-state index in [9.17, 15) is 13.2 Å². The molecule has 19 heavy (non-hydrogen) atoms. The van der Waals surface area contributed by atoms with Crippen molar-refractivity contribution in [1.82, 2.24) is 10.3 Å². The molecule has 1 rings (SSSR count). The van der Waals surface area contributed by atoms with Crippen molar-refractivity contribution in [2.24, 2.45) is 0 Å². The summed E-state index contributed by atoms with van der Waals surface area (Å²) < 4.78 is 36.4. The van der Waals surface area contributed by atoms with Gasteiger partial charge in [0, 0.05) is 19.6 Å². The first-order chi connectivity index (χ1) is 8.87. The SMILES string of the molecule is CCC(NC)c1ccc(N(C)CCC(F)(F)F)cn1. The van der Waals surface area contributed by atoms with Crippen LogP contribution in [0.4, 0.5) is 18.9 Å². The third kappa shape index (κ3) is 5.06. The van der Waals surface area contributed by atoms with E-state index in [0.717, 1.165) is 12.1 Å². The van der Waals surface area contributed by atoms with Crippen molar-refractivity contribution in [2.45, 2.75) is 32.0 Å². The predicted octanol–water partition coefficient (Wildman–Crippen LogP) is 3.14. The number of hydrogen-bond acceptors (Lipinski definition) is 3. The second kappa shape index (κ2) is 6.75. The van der Waals surface area contributed by atoms with Crippen LogP contribution < -0.4 is 10.2 Å². The summed E-state index contributed by atoms with van der Waals surface area (Å²) in [4.78, 5) is 5.86. The number of hydrogen-bond donors (Lipinski definition) is 1. The van der Waals surface area contributed by atoms with Gasteiger partial charge in [0.15, 0.2) is 0 Å². The Bertz CT molecular complexity index is 372. The lowest BCUT2D eigenvalue weighted by Gasteiger charge is -2.21. The summed E-state index contributed by atoms with van der Waals surface area (Å²) in [6.07, 6.45) is -2.42. The molecule has 0 saturated heterocycles. The molecule has 0 spiro atoms. The van der Waals surface area contributed by atoms with Crippen LogP contribution in [-0.2, 0) is 0 Å². The monoisotopic (exact) mass is 275 g/mol. The average Bonchev–Trinajstić information content (AvgIpc) is 2.37. The van der Waals surface area contributed by atoms with Gasteiger partial charge in [0.25, 0.3) is 0 Å². The minimum atomic E-state index is -4.12. The number of aromatic nitrogens is 1. The Kier molecular flexibility index (Phi) is 5.60. The van der Waals surface area contributed by atoms with Crippen molar-refractivity contribution >= 4 is 5.69 Å². The maximum absolute atomic E-state index is 12.1. The number of anilines is 1. The van der Waals surface area contributed by atoms with E-state index in [0.29, 0.717) is 5.69 Å². The fourth-order valence-corrected chi connectivity index (χ4v) is 1.81. The van der Waals surface area contributed by atoms with Crippen LogP contribution in [0.25, 0.3) is 0 Å². The lowest BCUT2D eigenvalue weighted by atomic mass is 10.1. The molecule has 1 heterocycles. The maximum Gasteiger partial charge on any atom is 0.390 e. The molecule has 0 fully saturated rings. The van der Waals surface area contributed by atoms with Gasteiger partial charge in [0.1, 0.15) is 0 Å². The largest absolute Gasteiger partial charge is 0.390 e. The van der Waals surface area contributed by atoms with Crippen LogP contribution in [-0.4, -0.2) is 31.8 Å². The normalized spacial score (nSPS) is 13.4. The van der Waals surface area contributed by atoms with Gasteiger partial charge in [-0.1, -0.05) is 6.92 Å². The van der Waals surface area contributed by atoms with E-state index in [1.54, 1.807) is 24.2 Å². The van der Waals surface area contributed by atoms with Crippen molar-refractivity contribution in [3.8, 4) is 0 Å². The number of halogens is 3. The Hall–Kier alpha value is -1.30. The first-order valence-electron chi connectivity index (χ1n) is 6.28. The Morgan fingerprint density at radius 2 is 2.05 bits per heavy atom. The summed E-state index contributed by atoms with van der Waals surface area (Å²) in [5.74, 6) is 0.